The molecule has 0 heterocycles. The van der Waals surface area contributed by atoms with Gasteiger partial charge in [-0.1, -0.05) is 72.8 Å². The van der Waals surface area contributed by atoms with Crippen LogP contribution in [0.3, 0.4) is 0 Å². The molecule has 2 unspecified atom stereocenters. The van der Waals surface area contributed by atoms with Crippen LogP contribution in [-0.4, -0.2) is 8.76 Å². The predicted molar refractivity (Wildman–Crippen MR) is 88.7 cm³/mol. The molecule has 2 atom stereocenters. The van der Waals surface area contributed by atoms with Crippen molar-refractivity contribution in [3.05, 3.63) is 83.9 Å². The van der Waals surface area contributed by atoms with Crippen molar-refractivity contribution < 1.29 is 12.9 Å². The fourth-order valence-electron chi connectivity index (χ4n) is 2.64. The summed E-state index contributed by atoms with van der Waals surface area (Å²) in [5.74, 6) is 0. The van der Waals surface area contributed by atoms with E-state index in [4.69, 9.17) is 8.74 Å². The summed E-state index contributed by atoms with van der Waals surface area (Å²) >= 11 is -2.30. The van der Waals surface area contributed by atoms with Crippen molar-refractivity contribution in [1.82, 2.24) is 0 Å². The fourth-order valence-corrected chi connectivity index (χ4v) is 3.02. The molecule has 22 heavy (non-hydrogen) atoms. The van der Waals surface area contributed by atoms with Gasteiger partial charge in [0.15, 0.2) is 0 Å². The Labute approximate surface area is 132 Å². The SMILES string of the molecule is O=S(O)OC(Cc1cccc2ccccc12)c1ccccc1. The third-order valence-corrected chi connectivity index (χ3v) is 4.05. The molecule has 1 N–H and O–H groups in total. The topological polar surface area (TPSA) is 46.5 Å². The molecule has 3 rings (SSSR count). The van der Waals surface area contributed by atoms with Gasteiger partial charge in [-0.3, -0.25) is 8.74 Å². The number of benzene rings is 3. The Balaban J connectivity index is 1.97. The maximum absolute atomic E-state index is 11.1. The van der Waals surface area contributed by atoms with Crippen molar-refractivity contribution in [1.29, 1.82) is 0 Å². The Morgan fingerprint density at radius 2 is 1.59 bits per heavy atom. The average molecular weight is 312 g/mol. The third kappa shape index (κ3) is 3.42. The zero-order valence-electron chi connectivity index (χ0n) is 11.9. The minimum atomic E-state index is -2.30. The van der Waals surface area contributed by atoms with Gasteiger partial charge in [-0.15, -0.1) is 0 Å². The molecule has 0 saturated carbocycles. The van der Waals surface area contributed by atoms with Gasteiger partial charge in [-0.05, 0) is 21.9 Å². The van der Waals surface area contributed by atoms with Crippen molar-refractivity contribution in [3.63, 3.8) is 0 Å². The second-order valence-electron chi connectivity index (χ2n) is 5.06. The van der Waals surface area contributed by atoms with Crippen LogP contribution in [0.2, 0.25) is 0 Å². The van der Waals surface area contributed by atoms with Crippen LogP contribution < -0.4 is 0 Å². The van der Waals surface area contributed by atoms with Gasteiger partial charge >= 0.3 is 11.4 Å². The maximum atomic E-state index is 11.1. The minimum Gasteiger partial charge on any atom is -0.284 e. The number of fused-ring (bicyclic) bond motifs is 1. The zero-order valence-corrected chi connectivity index (χ0v) is 12.7. The molecule has 3 nitrogen and oxygen atoms in total. The van der Waals surface area contributed by atoms with E-state index in [-0.39, 0.29) is 0 Å². The molecule has 0 spiro atoms. The molecule has 4 heteroatoms. The van der Waals surface area contributed by atoms with Crippen LogP contribution in [0, 0.1) is 0 Å². The van der Waals surface area contributed by atoms with Crippen LogP contribution in [0.25, 0.3) is 10.8 Å². The van der Waals surface area contributed by atoms with Crippen molar-refractivity contribution >= 4 is 22.1 Å². The summed E-state index contributed by atoms with van der Waals surface area (Å²) in [6.45, 7) is 0. The zero-order chi connectivity index (χ0) is 15.4. The summed E-state index contributed by atoms with van der Waals surface area (Å²) < 4.78 is 25.5. The molecule has 0 aliphatic rings. The molecule has 0 saturated heterocycles. The number of hydrogen-bond donors (Lipinski definition) is 1. The average Bonchev–Trinajstić information content (AvgIpc) is 2.55. The van der Waals surface area contributed by atoms with E-state index >= 15 is 0 Å². The maximum Gasteiger partial charge on any atom is 0.302 e. The molecule has 3 aromatic carbocycles. The highest BCUT2D eigenvalue weighted by Crippen LogP contribution is 2.27. The molecule has 0 aliphatic heterocycles. The molecule has 0 aliphatic carbocycles. The van der Waals surface area contributed by atoms with E-state index in [9.17, 15) is 4.21 Å². The van der Waals surface area contributed by atoms with E-state index in [0.29, 0.717) is 6.42 Å². The standard InChI is InChI=1S/C18H16O3S/c19-22(20)21-18(15-8-2-1-3-9-15)13-16-11-6-10-14-7-4-5-12-17(14)16/h1-12,18H,13H2,(H,19,20). The quantitative estimate of drug-likeness (QED) is 0.715. The monoisotopic (exact) mass is 312 g/mol. The van der Waals surface area contributed by atoms with Crippen LogP contribution in [0.1, 0.15) is 17.2 Å². The molecular formula is C18H16O3S. The molecule has 0 fully saturated rings. The number of hydrogen-bond acceptors (Lipinski definition) is 2. The summed E-state index contributed by atoms with van der Waals surface area (Å²) in [6.07, 6.45) is 0.0790. The van der Waals surface area contributed by atoms with E-state index < -0.39 is 17.5 Å². The van der Waals surface area contributed by atoms with Crippen LogP contribution in [-0.2, 0) is 22.0 Å². The normalized spacial score (nSPS) is 13.9. The van der Waals surface area contributed by atoms with Crippen LogP contribution in [0.5, 0.6) is 0 Å². The van der Waals surface area contributed by atoms with Crippen LogP contribution >= 0.6 is 0 Å². The van der Waals surface area contributed by atoms with E-state index in [1.54, 1.807) is 0 Å². The molecule has 112 valence electrons. The molecule has 0 bridgehead atoms. The summed E-state index contributed by atoms with van der Waals surface area (Å²) in [4.78, 5) is 0. The highest BCUT2D eigenvalue weighted by atomic mass is 32.2. The molecule has 0 aromatic heterocycles. The lowest BCUT2D eigenvalue weighted by Gasteiger charge is -2.17. The number of rotatable bonds is 5. The minimum absolute atomic E-state index is 0.460. The first kappa shape index (κ1) is 14.9. The lowest BCUT2D eigenvalue weighted by molar-refractivity contribution is 0.208. The molecular weight excluding hydrogens is 296 g/mol. The van der Waals surface area contributed by atoms with E-state index in [1.165, 1.54) is 0 Å². The fraction of sp³-hybridized carbons (Fsp3) is 0.111. The van der Waals surface area contributed by atoms with E-state index in [2.05, 4.69) is 18.2 Å². The van der Waals surface area contributed by atoms with Crippen LogP contribution in [0.15, 0.2) is 72.8 Å². The Kier molecular flexibility index (Phi) is 4.63. The van der Waals surface area contributed by atoms with E-state index in [0.717, 1.165) is 21.9 Å². The second kappa shape index (κ2) is 6.83. The summed E-state index contributed by atoms with van der Waals surface area (Å²) in [6, 6.07) is 23.7. The van der Waals surface area contributed by atoms with Gasteiger partial charge in [0.1, 0.15) is 6.10 Å². The van der Waals surface area contributed by atoms with Crippen molar-refractivity contribution in [2.75, 3.05) is 0 Å². The lowest BCUT2D eigenvalue weighted by atomic mass is 9.97. The van der Waals surface area contributed by atoms with Gasteiger partial charge in [0.2, 0.25) is 0 Å². The second-order valence-corrected chi connectivity index (χ2v) is 5.68. The van der Waals surface area contributed by atoms with Gasteiger partial charge in [0, 0.05) is 6.42 Å². The highest BCUT2D eigenvalue weighted by Gasteiger charge is 2.17. The third-order valence-electron chi connectivity index (χ3n) is 3.66. The smallest absolute Gasteiger partial charge is 0.284 e. The Hall–Kier alpha value is -2.01. The van der Waals surface area contributed by atoms with Crippen molar-refractivity contribution in [3.8, 4) is 0 Å². The van der Waals surface area contributed by atoms with Crippen molar-refractivity contribution in [2.24, 2.45) is 0 Å². The first-order valence-corrected chi connectivity index (χ1v) is 8.07. The summed E-state index contributed by atoms with van der Waals surface area (Å²) in [5, 5.41) is 2.29. The molecule has 0 radical (unpaired) electrons. The van der Waals surface area contributed by atoms with Gasteiger partial charge < -0.3 is 0 Å². The summed E-state index contributed by atoms with van der Waals surface area (Å²) in [7, 11) is 0. The lowest BCUT2D eigenvalue weighted by Crippen LogP contribution is -2.09. The summed E-state index contributed by atoms with van der Waals surface area (Å²) in [5.41, 5.74) is 1.98. The molecule has 3 aromatic rings. The van der Waals surface area contributed by atoms with Gasteiger partial charge in [-0.25, -0.2) is 0 Å². The Morgan fingerprint density at radius 1 is 0.909 bits per heavy atom. The van der Waals surface area contributed by atoms with Gasteiger partial charge in [0.25, 0.3) is 0 Å². The van der Waals surface area contributed by atoms with Crippen molar-refractivity contribution in [2.45, 2.75) is 12.5 Å². The van der Waals surface area contributed by atoms with Gasteiger partial charge in [0.05, 0.1) is 0 Å². The van der Waals surface area contributed by atoms with E-state index in [1.807, 2.05) is 54.6 Å². The first-order chi connectivity index (χ1) is 10.7. The first-order valence-electron chi connectivity index (χ1n) is 7.03. The Bertz CT molecular complexity index is 781. The Morgan fingerprint density at radius 3 is 2.36 bits per heavy atom. The molecule has 0 amide bonds. The predicted octanol–water partition coefficient (Wildman–Crippen LogP) is 4.28. The van der Waals surface area contributed by atoms with Crippen LogP contribution in [0.4, 0.5) is 0 Å². The largest absolute Gasteiger partial charge is 0.302 e. The van der Waals surface area contributed by atoms with Gasteiger partial charge in [-0.2, -0.15) is 4.21 Å². The highest BCUT2D eigenvalue weighted by molar-refractivity contribution is 7.74.